The highest BCUT2D eigenvalue weighted by Gasteiger charge is 2.30. The Balaban J connectivity index is 3.04. The smallest absolute Gasteiger partial charge is 0.310 e. The summed E-state index contributed by atoms with van der Waals surface area (Å²) in [5.74, 6) is -0.271. The summed E-state index contributed by atoms with van der Waals surface area (Å²) in [7, 11) is 5.43. The predicted octanol–water partition coefficient (Wildman–Crippen LogP) is 2.49. The van der Waals surface area contributed by atoms with Crippen molar-refractivity contribution in [3.63, 3.8) is 0 Å². The van der Waals surface area contributed by atoms with Crippen molar-refractivity contribution in [1.82, 2.24) is 4.90 Å². The molecule has 3 nitrogen and oxygen atoms in total. The molecule has 2 atom stereocenters. The van der Waals surface area contributed by atoms with E-state index in [1.165, 1.54) is 7.11 Å². The first-order valence-corrected chi connectivity index (χ1v) is 5.91. The minimum atomic E-state index is -0.143. The third kappa shape index (κ3) is 3.30. The van der Waals surface area contributed by atoms with Crippen molar-refractivity contribution in [2.75, 3.05) is 21.2 Å². The van der Waals surface area contributed by atoms with Gasteiger partial charge in [0.2, 0.25) is 0 Å². The molecule has 0 saturated heterocycles. The van der Waals surface area contributed by atoms with Gasteiger partial charge in [0.25, 0.3) is 0 Å². The summed E-state index contributed by atoms with van der Waals surface area (Å²) < 4.78 is 4.89. The van der Waals surface area contributed by atoms with Crippen LogP contribution in [0.3, 0.4) is 0 Å². The Morgan fingerprint density at radius 2 is 1.88 bits per heavy atom. The van der Waals surface area contributed by atoms with Crippen molar-refractivity contribution in [1.29, 1.82) is 0 Å². The SMILES string of the molecule is CCC(C(=O)OC)[C@@H](c1ccccc1)N(C)C. The number of rotatable bonds is 5. The van der Waals surface area contributed by atoms with Crippen molar-refractivity contribution in [3.8, 4) is 0 Å². The van der Waals surface area contributed by atoms with Crippen LogP contribution in [0, 0.1) is 5.92 Å². The number of methoxy groups -OCH3 is 1. The fraction of sp³-hybridized carbons (Fsp3) is 0.500. The topological polar surface area (TPSA) is 29.5 Å². The van der Waals surface area contributed by atoms with Gasteiger partial charge in [-0.2, -0.15) is 0 Å². The summed E-state index contributed by atoms with van der Waals surface area (Å²) in [5.41, 5.74) is 1.15. The van der Waals surface area contributed by atoms with Crippen LogP contribution in [0.1, 0.15) is 24.9 Å². The van der Waals surface area contributed by atoms with E-state index in [-0.39, 0.29) is 17.9 Å². The number of nitrogens with zero attached hydrogens (tertiary/aromatic N) is 1. The van der Waals surface area contributed by atoms with Crippen LogP contribution in [0.5, 0.6) is 0 Å². The van der Waals surface area contributed by atoms with E-state index in [2.05, 4.69) is 17.0 Å². The maximum Gasteiger partial charge on any atom is 0.310 e. The van der Waals surface area contributed by atoms with Gasteiger partial charge in [0, 0.05) is 6.04 Å². The summed E-state index contributed by atoms with van der Waals surface area (Å²) in [6.07, 6.45) is 0.768. The number of esters is 1. The highest BCUT2D eigenvalue weighted by molar-refractivity contribution is 5.73. The van der Waals surface area contributed by atoms with Gasteiger partial charge in [-0.1, -0.05) is 37.3 Å². The number of hydrogen-bond donors (Lipinski definition) is 0. The van der Waals surface area contributed by atoms with E-state index in [0.717, 1.165) is 12.0 Å². The summed E-state index contributed by atoms with van der Waals surface area (Å²) in [6, 6.07) is 10.1. The van der Waals surface area contributed by atoms with Gasteiger partial charge in [-0.25, -0.2) is 0 Å². The zero-order valence-corrected chi connectivity index (χ0v) is 11.0. The maximum atomic E-state index is 11.8. The molecule has 0 aliphatic heterocycles. The van der Waals surface area contributed by atoms with E-state index in [1.54, 1.807) is 0 Å². The average molecular weight is 235 g/mol. The molecule has 0 fully saturated rings. The Kier molecular flexibility index (Phi) is 5.16. The lowest BCUT2D eigenvalue weighted by atomic mass is 9.90. The van der Waals surface area contributed by atoms with Crippen molar-refractivity contribution in [2.24, 2.45) is 5.92 Å². The quantitative estimate of drug-likeness (QED) is 0.734. The first-order valence-electron chi connectivity index (χ1n) is 5.91. The van der Waals surface area contributed by atoms with Crippen LogP contribution in [-0.4, -0.2) is 32.1 Å². The number of benzene rings is 1. The minimum Gasteiger partial charge on any atom is -0.469 e. The van der Waals surface area contributed by atoms with Crippen molar-refractivity contribution >= 4 is 5.97 Å². The van der Waals surface area contributed by atoms with Crippen LogP contribution in [0.15, 0.2) is 30.3 Å². The monoisotopic (exact) mass is 235 g/mol. The van der Waals surface area contributed by atoms with Crippen LogP contribution in [0.25, 0.3) is 0 Å². The second-order valence-corrected chi connectivity index (χ2v) is 4.36. The molecule has 94 valence electrons. The highest BCUT2D eigenvalue weighted by atomic mass is 16.5. The van der Waals surface area contributed by atoms with E-state index in [1.807, 2.05) is 39.2 Å². The van der Waals surface area contributed by atoms with Gasteiger partial charge in [0.15, 0.2) is 0 Å². The third-order valence-electron chi connectivity index (χ3n) is 3.02. The fourth-order valence-electron chi connectivity index (χ4n) is 2.21. The van der Waals surface area contributed by atoms with Crippen LogP contribution in [0.2, 0.25) is 0 Å². The van der Waals surface area contributed by atoms with E-state index >= 15 is 0 Å². The normalized spacial score (nSPS) is 14.4. The van der Waals surface area contributed by atoms with E-state index in [9.17, 15) is 4.79 Å². The van der Waals surface area contributed by atoms with E-state index < -0.39 is 0 Å². The van der Waals surface area contributed by atoms with Crippen LogP contribution in [0.4, 0.5) is 0 Å². The molecular formula is C14H21NO2. The van der Waals surface area contributed by atoms with Gasteiger partial charge in [0.1, 0.15) is 0 Å². The number of ether oxygens (including phenoxy) is 1. The van der Waals surface area contributed by atoms with Crippen molar-refractivity contribution in [3.05, 3.63) is 35.9 Å². The molecule has 0 aliphatic carbocycles. The Morgan fingerprint density at radius 3 is 2.29 bits per heavy atom. The van der Waals surface area contributed by atoms with E-state index in [0.29, 0.717) is 0 Å². The van der Waals surface area contributed by atoms with Gasteiger partial charge in [-0.3, -0.25) is 4.79 Å². The van der Waals surface area contributed by atoms with Gasteiger partial charge in [-0.15, -0.1) is 0 Å². The molecule has 0 heterocycles. The molecule has 0 N–H and O–H groups in total. The largest absolute Gasteiger partial charge is 0.469 e. The molecule has 3 heteroatoms. The second kappa shape index (κ2) is 6.40. The first kappa shape index (κ1) is 13.7. The Bertz CT molecular complexity index is 348. The molecule has 0 spiro atoms. The second-order valence-electron chi connectivity index (χ2n) is 4.36. The molecule has 0 aliphatic rings. The summed E-state index contributed by atoms with van der Waals surface area (Å²) in [4.78, 5) is 13.9. The van der Waals surface area contributed by atoms with Crippen molar-refractivity contribution < 1.29 is 9.53 Å². The molecule has 0 bridgehead atoms. The molecule has 0 saturated carbocycles. The molecule has 0 amide bonds. The highest BCUT2D eigenvalue weighted by Crippen LogP contribution is 2.29. The Hall–Kier alpha value is -1.35. The summed E-state index contributed by atoms with van der Waals surface area (Å²) in [5, 5.41) is 0. The number of carbonyl (C=O) groups is 1. The molecular weight excluding hydrogens is 214 g/mol. The summed E-state index contributed by atoms with van der Waals surface area (Å²) >= 11 is 0. The zero-order valence-electron chi connectivity index (χ0n) is 11.0. The van der Waals surface area contributed by atoms with Crippen LogP contribution >= 0.6 is 0 Å². The lowest BCUT2D eigenvalue weighted by Crippen LogP contribution is -2.32. The lowest BCUT2D eigenvalue weighted by Gasteiger charge is -2.30. The fourth-order valence-corrected chi connectivity index (χ4v) is 2.21. The van der Waals surface area contributed by atoms with Crippen LogP contribution in [-0.2, 0) is 9.53 Å². The molecule has 0 aromatic heterocycles. The molecule has 1 rings (SSSR count). The van der Waals surface area contributed by atoms with Gasteiger partial charge in [0.05, 0.1) is 13.0 Å². The lowest BCUT2D eigenvalue weighted by molar-refractivity contribution is -0.148. The van der Waals surface area contributed by atoms with Gasteiger partial charge >= 0.3 is 5.97 Å². The molecule has 1 aromatic carbocycles. The Morgan fingerprint density at radius 1 is 1.29 bits per heavy atom. The first-order chi connectivity index (χ1) is 8.11. The molecule has 0 radical (unpaired) electrons. The molecule has 17 heavy (non-hydrogen) atoms. The number of carbonyl (C=O) groups excluding carboxylic acids is 1. The number of hydrogen-bond acceptors (Lipinski definition) is 3. The van der Waals surface area contributed by atoms with E-state index in [4.69, 9.17) is 4.74 Å². The van der Waals surface area contributed by atoms with Gasteiger partial charge in [-0.05, 0) is 26.1 Å². The molecule has 1 aromatic rings. The predicted molar refractivity (Wildman–Crippen MR) is 68.7 cm³/mol. The summed E-state index contributed by atoms with van der Waals surface area (Å²) in [6.45, 7) is 2.01. The van der Waals surface area contributed by atoms with Crippen molar-refractivity contribution in [2.45, 2.75) is 19.4 Å². The van der Waals surface area contributed by atoms with Gasteiger partial charge < -0.3 is 9.64 Å². The third-order valence-corrected chi connectivity index (χ3v) is 3.02. The zero-order chi connectivity index (χ0) is 12.8. The molecule has 1 unspecified atom stereocenters. The standard InChI is InChI=1S/C14H21NO2/c1-5-12(14(16)17-4)13(15(2)3)11-9-7-6-8-10-11/h6-10,12-13H,5H2,1-4H3/t12?,13-/m1/s1. The average Bonchev–Trinajstić information content (AvgIpc) is 2.35. The Labute approximate surface area is 103 Å². The van der Waals surface area contributed by atoms with Crippen LogP contribution < -0.4 is 0 Å². The maximum absolute atomic E-state index is 11.8. The minimum absolute atomic E-state index is 0.0636.